The molecule has 0 atom stereocenters. The second-order valence-corrected chi connectivity index (χ2v) is 17.9. The molecule has 0 aliphatic heterocycles. The molecule has 1 aliphatic rings. The molecule has 2 aromatic heterocycles. The van der Waals surface area contributed by atoms with Crippen LogP contribution in [-0.2, 0) is 5.41 Å². The van der Waals surface area contributed by atoms with Crippen LogP contribution in [0.25, 0.3) is 67.3 Å². The quantitative estimate of drug-likeness (QED) is 0.136. The fraction of sp³-hybridized carbons (Fsp3) is 0.0455. The molecular formula is C66H49N3. The smallest absolute Gasteiger partial charge is 0.0714 e. The fourth-order valence-corrected chi connectivity index (χ4v) is 11.1. The van der Waals surface area contributed by atoms with E-state index in [0.29, 0.717) is 0 Å². The summed E-state index contributed by atoms with van der Waals surface area (Å²) >= 11 is 0. The SMILES string of the molecule is C/C(=C\c1c(C)n(-c2ccccc2)c2c(-c3ccccc3)ccc(-c3ccccc3)c12)N(c1ccc(-c2ccccn2)cc1)c1ccc2c(c1)C(c1ccccc1)(c1ccccc1)c1ccccc1-2. The standard InChI is InChI=1S/C66H49N3/c1-46(44-60-47(2)69(53-30-16-7-17-31-53)65-57(49-24-10-4-11-25-49)42-41-56(64(60)65)48-22-8-3-9-23-48)68(54-37-35-50(36-38-54)63-34-20-21-43-67-63)55-39-40-59-58-32-18-19-33-61(58)66(62(59)45-55,51-26-12-5-13-27-51)52-28-14-6-15-29-52/h3-45H,1-2H3/b46-44+. The Hall–Kier alpha value is -8.79. The molecule has 0 bridgehead atoms. The Morgan fingerprint density at radius 2 is 0.986 bits per heavy atom. The summed E-state index contributed by atoms with van der Waals surface area (Å²) in [6.07, 6.45) is 4.28. The largest absolute Gasteiger partial charge is 0.314 e. The number of hydrogen-bond acceptors (Lipinski definition) is 2. The molecule has 0 saturated heterocycles. The molecule has 3 nitrogen and oxygen atoms in total. The fourth-order valence-electron chi connectivity index (χ4n) is 11.1. The Morgan fingerprint density at radius 1 is 0.464 bits per heavy atom. The van der Waals surface area contributed by atoms with Gasteiger partial charge in [-0.2, -0.15) is 0 Å². The molecule has 3 heteroatoms. The molecule has 69 heavy (non-hydrogen) atoms. The number of pyridine rings is 1. The van der Waals surface area contributed by atoms with Crippen molar-refractivity contribution in [3.05, 3.63) is 294 Å². The van der Waals surface area contributed by atoms with Gasteiger partial charge in [-0.1, -0.05) is 200 Å². The first-order valence-electron chi connectivity index (χ1n) is 23.8. The highest BCUT2D eigenvalue weighted by Crippen LogP contribution is 2.57. The van der Waals surface area contributed by atoms with E-state index in [1.807, 2.05) is 18.3 Å². The second kappa shape index (κ2) is 17.5. The molecule has 0 spiro atoms. The van der Waals surface area contributed by atoms with Gasteiger partial charge < -0.3 is 9.47 Å². The minimum absolute atomic E-state index is 0.547. The number of nitrogens with zero attached hydrogens (tertiary/aromatic N) is 3. The van der Waals surface area contributed by atoms with E-state index in [0.717, 1.165) is 39.7 Å². The lowest BCUT2D eigenvalue weighted by Gasteiger charge is -2.35. The van der Waals surface area contributed by atoms with Gasteiger partial charge >= 0.3 is 0 Å². The number of fused-ring (bicyclic) bond motifs is 4. The Bertz CT molecular complexity index is 3600. The highest BCUT2D eigenvalue weighted by molar-refractivity contribution is 6.10. The van der Waals surface area contributed by atoms with Crippen LogP contribution in [0.5, 0.6) is 0 Å². The van der Waals surface area contributed by atoms with E-state index >= 15 is 0 Å². The Labute approximate surface area is 404 Å². The maximum atomic E-state index is 4.71. The van der Waals surface area contributed by atoms with E-state index < -0.39 is 5.41 Å². The van der Waals surface area contributed by atoms with Crippen LogP contribution in [0.3, 0.4) is 0 Å². The van der Waals surface area contributed by atoms with Crippen molar-refractivity contribution in [2.75, 3.05) is 4.90 Å². The first kappa shape index (κ1) is 41.6. The van der Waals surface area contributed by atoms with Crippen molar-refractivity contribution in [3.63, 3.8) is 0 Å². The van der Waals surface area contributed by atoms with Crippen LogP contribution in [0.1, 0.15) is 40.4 Å². The van der Waals surface area contributed by atoms with Crippen molar-refractivity contribution in [1.29, 1.82) is 0 Å². The van der Waals surface area contributed by atoms with Crippen molar-refractivity contribution in [2.45, 2.75) is 19.3 Å². The highest BCUT2D eigenvalue weighted by atomic mass is 15.1. The topological polar surface area (TPSA) is 21.1 Å². The predicted molar refractivity (Wildman–Crippen MR) is 288 cm³/mol. The number of aromatic nitrogens is 2. The number of allylic oxidation sites excluding steroid dienone is 1. The molecule has 0 fully saturated rings. The number of hydrogen-bond donors (Lipinski definition) is 0. The minimum atomic E-state index is -0.547. The average Bonchev–Trinajstić information content (AvgIpc) is 3.88. The molecule has 9 aromatic carbocycles. The zero-order valence-corrected chi connectivity index (χ0v) is 38.7. The monoisotopic (exact) mass is 883 g/mol. The van der Waals surface area contributed by atoms with Crippen molar-refractivity contribution in [3.8, 4) is 50.3 Å². The van der Waals surface area contributed by atoms with Crippen LogP contribution in [0.2, 0.25) is 0 Å². The zero-order valence-electron chi connectivity index (χ0n) is 38.7. The summed E-state index contributed by atoms with van der Waals surface area (Å²) in [5.74, 6) is 0. The molecule has 0 unspecified atom stereocenters. The Kier molecular flexibility index (Phi) is 10.5. The van der Waals surface area contributed by atoms with Gasteiger partial charge in [-0.25, -0.2) is 0 Å². The van der Waals surface area contributed by atoms with Crippen molar-refractivity contribution < 1.29 is 0 Å². The summed E-state index contributed by atoms with van der Waals surface area (Å²) < 4.78 is 2.47. The van der Waals surface area contributed by atoms with Gasteiger partial charge in [-0.3, -0.25) is 4.98 Å². The van der Waals surface area contributed by atoms with E-state index in [9.17, 15) is 0 Å². The van der Waals surface area contributed by atoms with Crippen LogP contribution < -0.4 is 4.90 Å². The second-order valence-electron chi connectivity index (χ2n) is 17.9. The third kappa shape index (κ3) is 7.01. The molecule has 12 rings (SSSR count). The molecule has 0 saturated carbocycles. The van der Waals surface area contributed by atoms with Crippen LogP contribution in [0, 0.1) is 6.92 Å². The van der Waals surface area contributed by atoms with E-state index in [4.69, 9.17) is 4.98 Å². The van der Waals surface area contributed by atoms with Gasteiger partial charge in [-0.05, 0) is 119 Å². The zero-order chi connectivity index (χ0) is 46.3. The van der Waals surface area contributed by atoms with Crippen LogP contribution in [0.4, 0.5) is 11.4 Å². The normalized spacial score (nSPS) is 12.7. The molecule has 11 aromatic rings. The summed E-state index contributed by atoms with van der Waals surface area (Å²) in [6.45, 7) is 4.55. The molecule has 2 heterocycles. The lowest BCUT2D eigenvalue weighted by atomic mass is 9.67. The van der Waals surface area contributed by atoms with Crippen molar-refractivity contribution >= 4 is 28.4 Å². The number of benzene rings is 9. The third-order valence-corrected chi connectivity index (χ3v) is 14.1. The minimum Gasteiger partial charge on any atom is -0.314 e. The molecule has 0 amide bonds. The van der Waals surface area contributed by atoms with E-state index in [1.165, 1.54) is 72.1 Å². The first-order valence-corrected chi connectivity index (χ1v) is 23.8. The maximum Gasteiger partial charge on any atom is 0.0714 e. The molecule has 0 radical (unpaired) electrons. The molecular weight excluding hydrogens is 835 g/mol. The van der Waals surface area contributed by atoms with Gasteiger partial charge in [0, 0.05) is 56.7 Å². The van der Waals surface area contributed by atoms with Crippen LogP contribution >= 0.6 is 0 Å². The summed E-state index contributed by atoms with van der Waals surface area (Å²) in [6, 6.07) is 90.3. The lowest BCUT2D eigenvalue weighted by Crippen LogP contribution is -2.28. The molecule has 0 N–H and O–H groups in total. The third-order valence-electron chi connectivity index (χ3n) is 14.1. The van der Waals surface area contributed by atoms with Crippen molar-refractivity contribution in [2.24, 2.45) is 0 Å². The van der Waals surface area contributed by atoms with Gasteiger partial charge in [0.1, 0.15) is 0 Å². The van der Waals surface area contributed by atoms with E-state index in [2.05, 4.69) is 266 Å². The summed E-state index contributed by atoms with van der Waals surface area (Å²) in [5, 5.41) is 1.21. The van der Waals surface area contributed by atoms with Gasteiger partial charge in [0.15, 0.2) is 0 Å². The van der Waals surface area contributed by atoms with Gasteiger partial charge in [0.25, 0.3) is 0 Å². The van der Waals surface area contributed by atoms with Crippen molar-refractivity contribution in [1.82, 2.24) is 9.55 Å². The van der Waals surface area contributed by atoms with E-state index in [1.54, 1.807) is 0 Å². The van der Waals surface area contributed by atoms with Gasteiger partial charge in [0.2, 0.25) is 0 Å². The summed E-state index contributed by atoms with van der Waals surface area (Å²) in [7, 11) is 0. The highest BCUT2D eigenvalue weighted by Gasteiger charge is 2.46. The molecule has 328 valence electrons. The first-order chi connectivity index (χ1) is 34.1. The average molecular weight is 884 g/mol. The maximum absolute atomic E-state index is 4.71. The summed E-state index contributed by atoms with van der Waals surface area (Å²) in [4.78, 5) is 7.15. The lowest BCUT2D eigenvalue weighted by molar-refractivity contribution is 0.768. The van der Waals surface area contributed by atoms with Crippen LogP contribution in [0.15, 0.2) is 261 Å². The Morgan fingerprint density at radius 3 is 1.62 bits per heavy atom. The number of para-hydroxylation sites is 1. The Balaban J connectivity index is 1.14. The number of rotatable bonds is 10. The summed E-state index contributed by atoms with van der Waals surface area (Å²) in [5.41, 5.74) is 21.6. The number of anilines is 2. The predicted octanol–water partition coefficient (Wildman–Crippen LogP) is 16.9. The van der Waals surface area contributed by atoms with Crippen LogP contribution in [-0.4, -0.2) is 9.55 Å². The van der Waals surface area contributed by atoms with Gasteiger partial charge in [0.05, 0.1) is 16.6 Å². The van der Waals surface area contributed by atoms with E-state index in [-0.39, 0.29) is 0 Å². The molecule has 1 aliphatic carbocycles. The van der Waals surface area contributed by atoms with Gasteiger partial charge in [-0.15, -0.1) is 0 Å².